The molecular formula is C30H21NO3. The van der Waals surface area contributed by atoms with Gasteiger partial charge in [0.2, 0.25) is 0 Å². The summed E-state index contributed by atoms with van der Waals surface area (Å²) in [5, 5.41) is 5.05. The molecule has 2 heterocycles. The van der Waals surface area contributed by atoms with Gasteiger partial charge in [0.15, 0.2) is 5.78 Å². The second-order valence-corrected chi connectivity index (χ2v) is 8.38. The van der Waals surface area contributed by atoms with Crippen molar-refractivity contribution in [1.82, 2.24) is 4.57 Å². The highest BCUT2D eigenvalue weighted by atomic mass is 16.4. The normalized spacial score (nSPS) is 11.9. The van der Waals surface area contributed by atoms with E-state index in [1.54, 1.807) is 18.2 Å². The van der Waals surface area contributed by atoms with Crippen molar-refractivity contribution in [1.29, 1.82) is 0 Å². The number of allylic oxidation sites excluding steroid dienone is 1. The number of benzene rings is 4. The lowest BCUT2D eigenvalue weighted by atomic mass is 10.0. The third kappa shape index (κ3) is 3.15. The van der Waals surface area contributed by atoms with Crippen molar-refractivity contribution in [3.05, 3.63) is 113 Å². The summed E-state index contributed by atoms with van der Waals surface area (Å²) < 4.78 is 7.77. The number of carbonyl (C=O) groups is 1. The van der Waals surface area contributed by atoms with Crippen LogP contribution in [0.4, 0.5) is 0 Å². The highest BCUT2D eigenvalue weighted by molar-refractivity contribution is 6.12. The lowest BCUT2D eigenvalue weighted by Gasteiger charge is -2.04. The molecule has 0 saturated carbocycles. The van der Waals surface area contributed by atoms with E-state index in [0.717, 1.165) is 39.2 Å². The maximum Gasteiger partial charge on any atom is 0.347 e. The first kappa shape index (κ1) is 20.2. The standard InChI is InChI=1S/C30H21NO3/c1-2-31-26-10-6-5-9-22(26)23-17-19(11-14-27(23)31)12-15-28(32)25-18-24-21-8-4-3-7-20(21)13-16-29(24)34-30(25)33/h3-18H,2H2,1H3/b15-12+. The Morgan fingerprint density at radius 1 is 0.824 bits per heavy atom. The van der Waals surface area contributed by atoms with Crippen LogP contribution in [-0.4, -0.2) is 10.4 Å². The molecule has 4 heteroatoms. The molecule has 0 atom stereocenters. The molecule has 6 rings (SSSR count). The van der Waals surface area contributed by atoms with Crippen molar-refractivity contribution >= 4 is 55.4 Å². The number of fused-ring (bicyclic) bond motifs is 6. The summed E-state index contributed by atoms with van der Waals surface area (Å²) in [6, 6.07) is 27.7. The van der Waals surface area contributed by atoms with E-state index in [1.165, 1.54) is 17.0 Å². The van der Waals surface area contributed by atoms with E-state index in [0.29, 0.717) is 5.58 Å². The molecule has 0 radical (unpaired) electrons. The minimum Gasteiger partial charge on any atom is -0.422 e. The molecule has 0 amide bonds. The lowest BCUT2D eigenvalue weighted by molar-refractivity contribution is 0.104. The van der Waals surface area contributed by atoms with Gasteiger partial charge in [0.1, 0.15) is 11.1 Å². The summed E-state index contributed by atoms with van der Waals surface area (Å²) in [5.41, 5.74) is 3.13. The largest absolute Gasteiger partial charge is 0.422 e. The van der Waals surface area contributed by atoms with Crippen LogP contribution in [0.2, 0.25) is 0 Å². The van der Waals surface area contributed by atoms with Crippen LogP contribution in [0.25, 0.3) is 49.6 Å². The molecule has 0 saturated heterocycles. The van der Waals surface area contributed by atoms with E-state index >= 15 is 0 Å². The Hall–Kier alpha value is -4.44. The molecule has 164 valence electrons. The average Bonchev–Trinajstić information content (AvgIpc) is 3.19. The van der Waals surface area contributed by atoms with Crippen molar-refractivity contribution in [3.8, 4) is 0 Å². The van der Waals surface area contributed by atoms with Gasteiger partial charge in [-0.2, -0.15) is 0 Å². The molecule has 6 aromatic rings. The molecule has 0 unspecified atom stereocenters. The summed E-state index contributed by atoms with van der Waals surface area (Å²) in [4.78, 5) is 25.5. The zero-order valence-corrected chi connectivity index (χ0v) is 18.6. The Labute approximate surface area is 195 Å². The van der Waals surface area contributed by atoms with E-state index in [4.69, 9.17) is 4.42 Å². The summed E-state index contributed by atoms with van der Waals surface area (Å²) in [6.07, 6.45) is 3.20. The van der Waals surface area contributed by atoms with Crippen LogP contribution >= 0.6 is 0 Å². The topological polar surface area (TPSA) is 52.2 Å². The summed E-state index contributed by atoms with van der Waals surface area (Å²) in [6.45, 7) is 3.01. The van der Waals surface area contributed by atoms with Crippen LogP contribution in [0.3, 0.4) is 0 Å². The Balaban J connectivity index is 1.41. The highest BCUT2D eigenvalue weighted by Gasteiger charge is 2.14. The van der Waals surface area contributed by atoms with Gasteiger partial charge in [0.05, 0.1) is 0 Å². The van der Waals surface area contributed by atoms with Crippen LogP contribution in [0.15, 0.2) is 100 Å². The molecular weight excluding hydrogens is 422 g/mol. The van der Waals surface area contributed by atoms with Gasteiger partial charge in [-0.3, -0.25) is 4.79 Å². The molecule has 0 spiro atoms. The van der Waals surface area contributed by atoms with Gasteiger partial charge in [-0.25, -0.2) is 4.79 Å². The number of aryl methyl sites for hydroxylation is 1. The minimum atomic E-state index is -0.626. The van der Waals surface area contributed by atoms with Crippen molar-refractivity contribution in [2.45, 2.75) is 13.5 Å². The van der Waals surface area contributed by atoms with Crippen LogP contribution < -0.4 is 5.63 Å². The second-order valence-electron chi connectivity index (χ2n) is 8.38. The van der Waals surface area contributed by atoms with Gasteiger partial charge < -0.3 is 8.98 Å². The first-order valence-electron chi connectivity index (χ1n) is 11.3. The number of nitrogens with zero attached hydrogens (tertiary/aromatic N) is 1. The number of para-hydroxylation sites is 1. The maximum atomic E-state index is 13.0. The molecule has 0 fully saturated rings. The van der Waals surface area contributed by atoms with Gasteiger partial charge in [0.25, 0.3) is 0 Å². The minimum absolute atomic E-state index is 0.0313. The van der Waals surface area contributed by atoms with Crippen LogP contribution in [-0.2, 0) is 6.54 Å². The maximum absolute atomic E-state index is 13.0. The van der Waals surface area contributed by atoms with E-state index in [2.05, 4.69) is 35.8 Å². The number of ketones is 1. The first-order chi connectivity index (χ1) is 16.6. The fourth-order valence-corrected chi connectivity index (χ4v) is 4.82. The number of hydrogen-bond acceptors (Lipinski definition) is 3. The van der Waals surface area contributed by atoms with Gasteiger partial charge in [-0.05, 0) is 59.7 Å². The van der Waals surface area contributed by atoms with E-state index < -0.39 is 5.63 Å². The Kier molecular flexibility index (Phi) is 4.66. The number of carbonyl (C=O) groups excluding carboxylic acids is 1. The monoisotopic (exact) mass is 443 g/mol. The molecule has 0 aliphatic carbocycles. The van der Waals surface area contributed by atoms with Crippen molar-refractivity contribution in [3.63, 3.8) is 0 Å². The summed E-state index contributed by atoms with van der Waals surface area (Å²) in [7, 11) is 0. The zero-order valence-electron chi connectivity index (χ0n) is 18.6. The molecule has 4 aromatic carbocycles. The van der Waals surface area contributed by atoms with Crippen LogP contribution in [0, 0.1) is 0 Å². The number of rotatable bonds is 4. The SMILES string of the molecule is CCn1c2ccccc2c2cc(/C=C/C(=O)c3cc4c(ccc5ccccc54)oc3=O)ccc21. The third-order valence-electron chi connectivity index (χ3n) is 6.45. The molecule has 4 nitrogen and oxygen atoms in total. The quantitative estimate of drug-likeness (QED) is 0.128. The smallest absolute Gasteiger partial charge is 0.347 e. The van der Waals surface area contributed by atoms with E-state index in [9.17, 15) is 9.59 Å². The van der Waals surface area contributed by atoms with Gasteiger partial charge in [-0.1, -0.05) is 60.7 Å². The van der Waals surface area contributed by atoms with Gasteiger partial charge >= 0.3 is 5.63 Å². The van der Waals surface area contributed by atoms with Gasteiger partial charge in [0, 0.05) is 33.7 Å². The first-order valence-corrected chi connectivity index (χ1v) is 11.3. The Bertz CT molecular complexity index is 1840. The molecule has 0 N–H and O–H groups in total. The lowest BCUT2D eigenvalue weighted by Crippen LogP contribution is -2.12. The fraction of sp³-hybridized carbons (Fsp3) is 0.0667. The molecule has 2 aromatic heterocycles. The third-order valence-corrected chi connectivity index (χ3v) is 6.45. The average molecular weight is 444 g/mol. The predicted octanol–water partition coefficient (Wildman–Crippen LogP) is 6.97. The molecule has 0 bridgehead atoms. The van der Waals surface area contributed by atoms with Crippen LogP contribution in [0.5, 0.6) is 0 Å². The van der Waals surface area contributed by atoms with Crippen molar-refractivity contribution < 1.29 is 9.21 Å². The van der Waals surface area contributed by atoms with E-state index in [-0.39, 0.29) is 11.3 Å². The second kappa shape index (κ2) is 7.85. The number of aromatic nitrogens is 1. The summed E-state index contributed by atoms with van der Waals surface area (Å²) >= 11 is 0. The highest BCUT2D eigenvalue weighted by Crippen LogP contribution is 2.30. The van der Waals surface area contributed by atoms with Crippen molar-refractivity contribution in [2.24, 2.45) is 0 Å². The predicted molar refractivity (Wildman–Crippen MR) is 138 cm³/mol. The van der Waals surface area contributed by atoms with E-state index in [1.807, 2.05) is 48.5 Å². The van der Waals surface area contributed by atoms with Crippen molar-refractivity contribution in [2.75, 3.05) is 0 Å². The number of hydrogen-bond donors (Lipinski definition) is 0. The fourth-order valence-electron chi connectivity index (χ4n) is 4.82. The van der Waals surface area contributed by atoms with Crippen LogP contribution in [0.1, 0.15) is 22.8 Å². The molecule has 34 heavy (non-hydrogen) atoms. The summed E-state index contributed by atoms with van der Waals surface area (Å²) in [5.74, 6) is -0.375. The van der Waals surface area contributed by atoms with Gasteiger partial charge in [-0.15, -0.1) is 0 Å². The Morgan fingerprint density at radius 3 is 2.44 bits per heavy atom. The molecule has 0 aliphatic rings. The Morgan fingerprint density at radius 2 is 1.59 bits per heavy atom. The zero-order chi connectivity index (χ0) is 23.2. The molecule has 0 aliphatic heterocycles.